The molecule has 94 valence electrons. The molecule has 0 bridgehead atoms. The Morgan fingerprint density at radius 3 is 2.41 bits per heavy atom. The van der Waals surface area contributed by atoms with Crippen molar-refractivity contribution in [3.63, 3.8) is 0 Å². The maximum Gasteiger partial charge on any atom is 0.341 e. The van der Waals surface area contributed by atoms with Gasteiger partial charge >= 0.3 is 5.97 Å². The Balaban J connectivity index is 3.20. The molecule has 0 saturated heterocycles. The van der Waals surface area contributed by atoms with Gasteiger partial charge in [-0.1, -0.05) is 26.8 Å². The minimum atomic E-state index is -0.338. The van der Waals surface area contributed by atoms with Crippen molar-refractivity contribution >= 4 is 5.97 Å². The van der Waals surface area contributed by atoms with Crippen LogP contribution < -0.4 is 4.74 Å². The molecule has 0 aliphatic carbocycles. The lowest BCUT2D eigenvalue weighted by atomic mass is 9.86. The van der Waals surface area contributed by atoms with Crippen LogP contribution in [0, 0.1) is 0 Å². The molecule has 0 spiro atoms. The Bertz CT molecular complexity index is 402. The molecule has 0 heterocycles. The number of carbonyl (C=O) groups excluding carboxylic acids is 1. The molecule has 0 fully saturated rings. The third kappa shape index (κ3) is 3.22. The monoisotopic (exact) mass is 236 g/mol. The topological polar surface area (TPSA) is 35.5 Å². The molecule has 0 saturated carbocycles. The molecule has 0 atom stereocenters. The van der Waals surface area contributed by atoms with Gasteiger partial charge in [-0.15, -0.1) is 0 Å². The van der Waals surface area contributed by atoms with Crippen molar-refractivity contribution in [3.05, 3.63) is 29.3 Å². The largest absolute Gasteiger partial charge is 0.496 e. The third-order valence-corrected chi connectivity index (χ3v) is 2.56. The van der Waals surface area contributed by atoms with Crippen molar-refractivity contribution in [3.8, 4) is 5.75 Å². The SMILES string of the molecule is CCOC(=O)c1cc(C(C)(C)C)ccc1OC. The number of carbonyl (C=O) groups is 1. The first-order chi connectivity index (χ1) is 7.90. The van der Waals surface area contributed by atoms with Gasteiger partial charge in [0, 0.05) is 0 Å². The van der Waals surface area contributed by atoms with E-state index in [0.717, 1.165) is 5.56 Å². The van der Waals surface area contributed by atoms with Gasteiger partial charge in [0.25, 0.3) is 0 Å². The molecule has 0 N–H and O–H groups in total. The zero-order chi connectivity index (χ0) is 13.1. The summed E-state index contributed by atoms with van der Waals surface area (Å²) in [5, 5.41) is 0. The highest BCUT2D eigenvalue weighted by Gasteiger charge is 2.19. The Labute approximate surface area is 103 Å². The molecule has 1 rings (SSSR count). The number of rotatable bonds is 3. The Kier molecular flexibility index (Phi) is 4.16. The van der Waals surface area contributed by atoms with E-state index in [2.05, 4.69) is 20.8 Å². The molecule has 3 nitrogen and oxygen atoms in total. The summed E-state index contributed by atoms with van der Waals surface area (Å²) in [5.41, 5.74) is 1.57. The van der Waals surface area contributed by atoms with Crippen molar-refractivity contribution < 1.29 is 14.3 Å². The number of methoxy groups -OCH3 is 1. The van der Waals surface area contributed by atoms with Crippen LogP contribution in [0.15, 0.2) is 18.2 Å². The fraction of sp³-hybridized carbons (Fsp3) is 0.500. The number of benzene rings is 1. The van der Waals surface area contributed by atoms with Gasteiger partial charge in [0.15, 0.2) is 0 Å². The van der Waals surface area contributed by atoms with Crippen LogP contribution in [0.3, 0.4) is 0 Å². The molecule has 0 aliphatic heterocycles. The van der Waals surface area contributed by atoms with Crippen LogP contribution in [0.4, 0.5) is 0 Å². The highest BCUT2D eigenvalue weighted by atomic mass is 16.5. The predicted octanol–water partition coefficient (Wildman–Crippen LogP) is 3.17. The molecule has 0 aromatic heterocycles. The highest BCUT2D eigenvalue weighted by molar-refractivity contribution is 5.92. The molecule has 1 aromatic carbocycles. The van der Waals surface area contributed by atoms with Gasteiger partial charge in [-0.3, -0.25) is 0 Å². The van der Waals surface area contributed by atoms with Crippen LogP contribution >= 0.6 is 0 Å². The fourth-order valence-electron chi connectivity index (χ4n) is 1.54. The fourth-order valence-corrected chi connectivity index (χ4v) is 1.54. The smallest absolute Gasteiger partial charge is 0.341 e. The summed E-state index contributed by atoms with van der Waals surface area (Å²) in [4.78, 5) is 11.8. The van der Waals surface area contributed by atoms with Crippen LogP contribution in [-0.2, 0) is 10.2 Å². The summed E-state index contributed by atoms with van der Waals surface area (Å²) in [6.07, 6.45) is 0. The second kappa shape index (κ2) is 5.21. The summed E-state index contributed by atoms with van der Waals surface area (Å²) >= 11 is 0. The van der Waals surface area contributed by atoms with E-state index in [9.17, 15) is 4.79 Å². The number of ether oxygens (including phenoxy) is 2. The maximum atomic E-state index is 11.8. The second-order valence-electron chi connectivity index (χ2n) is 4.89. The van der Waals surface area contributed by atoms with Crippen LogP contribution in [0.5, 0.6) is 5.75 Å². The first kappa shape index (κ1) is 13.6. The average molecular weight is 236 g/mol. The third-order valence-electron chi connectivity index (χ3n) is 2.56. The van der Waals surface area contributed by atoms with E-state index in [-0.39, 0.29) is 11.4 Å². The van der Waals surface area contributed by atoms with Crippen molar-refractivity contribution in [2.24, 2.45) is 0 Å². The van der Waals surface area contributed by atoms with E-state index in [1.54, 1.807) is 14.0 Å². The van der Waals surface area contributed by atoms with E-state index in [4.69, 9.17) is 9.47 Å². The van der Waals surface area contributed by atoms with Crippen molar-refractivity contribution in [1.29, 1.82) is 0 Å². The summed E-state index contributed by atoms with van der Waals surface area (Å²) in [7, 11) is 1.55. The van der Waals surface area contributed by atoms with Gasteiger partial charge in [-0.25, -0.2) is 4.79 Å². The lowest BCUT2D eigenvalue weighted by Gasteiger charge is -2.20. The minimum absolute atomic E-state index is 0.00643. The van der Waals surface area contributed by atoms with E-state index in [0.29, 0.717) is 17.9 Å². The molecule has 0 radical (unpaired) electrons. The molecule has 17 heavy (non-hydrogen) atoms. The van der Waals surface area contributed by atoms with E-state index in [1.807, 2.05) is 18.2 Å². The van der Waals surface area contributed by atoms with Crippen molar-refractivity contribution in [2.45, 2.75) is 33.1 Å². The quantitative estimate of drug-likeness (QED) is 0.756. The standard InChI is InChI=1S/C14H20O3/c1-6-17-13(15)11-9-10(14(2,3)4)7-8-12(11)16-5/h7-9H,6H2,1-5H3. The Morgan fingerprint density at radius 2 is 1.94 bits per heavy atom. The molecule has 0 amide bonds. The summed E-state index contributed by atoms with van der Waals surface area (Å²) in [6, 6.07) is 5.63. The molecule has 0 aliphatic rings. The second-order valence-corrected chi connectivity index (χ2v) is 4.89. The lowest BCUT2D eigenvalue weighted by Crippen LogP contribution is -2.14. The van der Waals surface area contributed by atoms with E-state index < -0.39 is 0 Å². The van der Waals surface area contributed by atoms with E-state index in [1.165, 1.54) is 0 Å². The number of hydrogen-bond donors (Lipinski definition) is 0. The molecular weight excluding hydrogens is 216 g/mol. The summed E-state index contributed by atoms with van der Waals surface area (Å²) in [6.45, 7) is 8.46. The number of hydrogen-bond acceptors (Lipinski definition) is 3. The van der Waals surface area contributed by atoms with E-state index >= 15 is 0 Å². The van der Waals surface area contributed by atoms with Gasteiger partial charge in [0.2, 0.25) is 0 Å². The Hall–Kier alpha value is -1.51. The summed E-state index contributed by atoms with van der Waals surface area (Å²) in [5.74, 6) is 0.215. The predicted molar refractivity (Wildman–Crippen MR) is 67.7 cm³/mol. The molecular formula is C14H20O3. The van der Waals surface area contributed by atoms with Crippen LogP contribution in [0.2, 0.25) is 0 Å². The van der Waals surface area contributed by atoms with Gasteiger partial charge in [-0.05, 0) is 30.0 Å². The first-order valence-corrected chi connectivity index (χ1v) is 5.75. The Morgan fingerprint density at radius 1 is 1.29 bits per heavy atom. The number of esters is 1. The summed E-state index contributed by atoms with van der Waals surface area (Å²) < 4.78 is 10.2. The van der Waals surface area contributed by atoms with Gasteiger partial charge in [0.05, 0.1) is 13.7 Å². The average Bonchev–Trinajstić information content (AvgIpc) is 2.27. The first-order valence-electron chi connectivity index (χ1n) is 5.75. The van der Waals surface area contributed by atoms with Gasteiger partial charge in [-0.2, -0.15) is 0 Å². The maximum absolute atomic E-state index is 11.8. The molecule has 3 heteroatoms. The van der Waals surface area contributed by atoms with Crippen molar-refractivity contribution in [1.82, 2.24) is 0 Å². The molecule has 1 aromatic rings. The van der Waals surface area contributed by atoms with Crippen LogP contribution in [-0.4, -0.2) is 19.7 Å². The van der Waals surface area contributed by atoms with Gasteiger partial charge in [0.1, 0.15) is 11.3 Å². The normalized spacial score (nSPS) is 11.1. The lowest BCUT2D eigenvalue weighted by molar-refractivity contribution is 0.0522. The van der Waals surface area contributed by atoms with Crippen LogP contribution in [0.25, 0.3) is 0 Å². The zero-order valence-corrected chi connectivity index (χ0v) is 11.2. The highest BCUT2D eigenvalue weighted by Crippen LogP contribution is 2.28. The van der Waals surface area contributed by atoms with Crippen LogP contribution in [0.1, 0.15) is 43.6 Å². The minimum Gasteiger partial charge on any atom is -0.496 e. The zero-order valence-electron chi connectivity index (χ0n) is 11.2. The van der Waals surface area contributed by atoms with Gasteiger partial charge < -0.3 is 9.47 Å². The molecule has 0 unspecified atom stereocenters. The van der Waals surface area contributed by atoms with Crippen molar-refractivity contribution in [2.75, 3.05) is 13.7 Å².